The molecule has 0 spiro atoms. The van der Waals surface area contributed by atoms with Gasteiger partial charge < -0.3 is 0 Å². The van der Waals surface area contributed by atoms with Crippen molar-refractivity contribution in [3.05, 3.63) is 0 Å². The van der Waals surface area contributed by atoms with Gasteiger partial charge in [-0.15, -0.1) is 0 Å². The van der Waals surface area contributed by atoms with E-state index in [4.69, 9.17) is 0 Å². The number of likely N-dealkylation sites (N-methyl/N-ethyl adjacent to an activating group) is 1. The maximum Gasteiger partial charge on any atom is 0.247 e. The molecule has 1 aliphatic heterocycles. The maximum atomic E-state index is 11.2. The predicted molar refractivity (Wildman–Crippen MR) is 44.2 cm³/mol. The number of carbonyl (C=O) groups excluding carboxylic acids is 2. The van der Waals surface area contributed by atoms with Gasteiger partial charge >= 0.3 is 0 Å². The number of nitrogens with one attached hydrogen (secondary N) is 1. The van der Waals surface area contributed by atoms with Crippen LogP contribution in [0.3, 0.4) is 0 Å². The number of nitrogens with zero attached hydrogens (tertiary/aromatic N) is 1. The molecular formula is C6H10N2O4S. The maximum absolute atomic E-state index is 11.2. The van der Waals surface area contributed by atoms with Crippen LogP contribution in [-0.4, -0.2) is 44.5 Å². The molecule has 1 unspecified atom stereocenters. The molecule has 0 bridgehead atoms. The van der Waals surface area contributed by atoms with Crippen LogP contribution in [-0.2, 0) is 19.6 Å². The molecule has 1 fully saturated rings. The van der Waals surface area contributed by atoms with Crippen LogP contribution in [0.25, 0.3) is 0 Å². The minimum Gasteiger partial charge on any atom is -0.284 e. The van der Waals surface area contributed by atoms with Crippen LogP contribution in [0.4, 0.5) is 0 Å². The van der Waals surface area contributed by atoms with E-state index >= 15 is 0 Å². The average molecular weight is 206 g/mol. The second-order valence-corrected chi connectivity index (χ2v) is 4.72. The zero-order valence-corrected chi connectivity index (χ0v) is 8.09. The van der Waals surface area contributed by atoms with Gasteiger partial charge in [-0.1, -0.05) is 0 Å². The first kappa shape index (κ1) is 10.1. The molecule has 1 atom stereocenters. The zero-order valence-electron chi connectivity index (χ0n) is 7.27. The molecule has 1 heterocycles. The molecule has 0 aromatic heterocycles. The van der Waals surface area contributed by atoms with Gasteiger partial charge in [-0.2, -0.15) is 0 Å². The molecule has 0 radical (unpaired) electrons. The highest BCUT2D eigenvalue weighted by atomic mass is 32.2. The van der Waals surface area contributed by atoms with Gasteiger partial charge in [-0.05, 0) is 0 Å². The normalized spacial score (nSPS) is 24.2. The van der Waals surface area contributed by atoms with E-state index in [2.05, 4.69) is 4.72 Å². The highest BCUT2D eigenvalue weighted by molar-refractivity contribution is 7.88. The number of carbonyl (C=O) groups is 2. The van der Waals surface area contributed by atoms with Gasteiger partial charge in [0.15, 0.2) is 0 Å². The Morgan fingerprint density at radius 2 is 2.00 bits per heavy atom. The van der Waals surface area contributed by atoms with Crippen molar-refractivity contribution in [1.29, 1.82) is 0 Å². The largest absolute Gasteiger partial charge is 0.284 e. The quantitative estimate of drug-likeness (QED) is 0.545. The lowest BCUT2D eigenvalue weighted by Gasteiger charge is -2.08. The molecule has 7 heteroatoms. The van der Waals surface area contributed by atoms with Crippen LogP contribution in [0, 0.1) is 0 Å². The second-order valence-electron chi connectivity index (χ2n) is 2.94. The Kier molecular flexibility index (Phi) is 2.40. The van der Waals surface area contributed by atoms with Crippen LogP contribution in [0.5, 0.6) is 0 Å². The van der Waals surface area contributed by atoms with Crippen molar-refractivity contribution >= 4 is 21.8 Å². The van der Waals surface area contributed by atoms with Gasteiger partial charge in [0.25, 0.3) is 0 Å². The van der Waals surface area contributed by atoms with Crippen molar-refractivity contribution in [2.45, 2.75) is 12.5 Å². The summed E-state index contributed by atoms with van der Waals surface area (Å²) >= 11 is 0. The van der Waals surface area contributed by atoms with Gasteiger partial charge in [-0.25, -0.2) is 13.1 Å². The van der Waals surface area contributed by atoms with Crippen LogP contribution in [0.15, 0.2) is 0 Å². The summed E-state index contributed by atoms with van der Waals surface area (Å²) in [6, 6.07) is -0.924. The molecule has 2 amide bonds. The fourth-order valence-corrected chi connectivity index (χ4v) is 1.81. The summed E-state index contributed by atoms with van der Waals surface area (Å²) in [5, 5.41) is 0. The Hall–Kier alpha value is -0.950. The van der Waals surface area contributed by atoms with Crippen molar-refractivity contribution in [1.82, 2.24) is 9.62 Å². The SMILES string of the molecule is CN1C(=O)CC(NS(C)(=O)=O)C1=O. The van der Waals surface area contributed by atoms with Crippen LogP contribution >= 0.6 is 0 Å². The average Bonchev–Trinajstić information content (AvgIpc) is 2.15. The lowest BCUT2D eigenvalue weighted by atomic mass is 10.3. The number of hydrogen-bond acceptors (Lipinski definition) is 4. The lowest BCUT2D eigenvalue weighted by Crippen LogP contribution is -2.39. The molecule has 0 saturated carbocycles. The number of amides is 2. The Labute approximate surface area is 76.0 Å². The molecule has 1 saturated heterocycles. The molecule has 0 aromatic carbocycles. The van der Waals surface area contributed by atoms with Gasteiger partial charge in [0.05, 0.1) is 12.7 Å². The van der Waals surface area contributed by atoms with Crippen molar-refractivity contribution in [3.63, 3.8) is 0 Å². The Morgan fingerprint density at radius 3 is 2.31 bits per heavy atom. The van der Waals surface area contributed by atoms with E-state index in [-0.39, 0.29) is 12.3 Å². The van der Waals surface area contributed by atoms with E-state index in [0.29, 0.717) is 0 Å². The van der Waals surface area contributed by atoms with E-state index in [9.17, 15) is 18.0 Å². The first-order chi connectivity index (χ1) is 5.81. The highest BCUT2D eigenvalue weighted by Crippen LogP contribution is 2.10. The standard InChI is InChI=1S/C6H10N2O4S/c1-8-5(9)3-4(6(8)10)7-13(2,11)12/h4,7H,3H2,1-2H3. The molecule has 1 rings (SSSR count). The summed E-state index contributed by atoms with van der Waals surface area (Å²) in [5.41, 5.74) is 0. The van der Waals surface area contributed by atoms with Crippen LogP contribution < -0.4 is 4.72 Å². The fourth-order valence-electron chi connectivity index (χ4n) is 1.11. The summed E-state index contributed by atoms with van der Waals surface area (Å²) < 4.78 is 23.6. The molecule has 1 N–H and O–H groups in total. The fraction of sp³-hybridized carbons (Fsp3) is 0.667. The minimum atomic E-state index is -3.44. The molecule has 13 heavy (non-hydrogen) atoms. The third-order valence-electron chi connectivity index (χ3n) is 1.74. The zero-order chi connectivity index (χ0) is 10.2. The first-order valence-electron chi connectivity index (χ1n) is 3.59. The minimum absolute atomic E-state index is 0.0948. The van der Waals surface area contributed by atoms with E-state index in [0.717, 1.165) is 11.2 Å². The van der Waals surface area contributed by atoms with Gasteiger partial charge in [-0.3, -0.25) is 14.5 Å². The van der Waals surface area contributed by atoms with Crippen molar-refractivity contribution in [3.8, 4) is 0 Å². The number of likely N-dealkylation sites (tertiary alicyclic amines) is 1. The van der Waals surface area contributed by atoms with E-state index < -0.39 is 22.0 Å². The van der Waals surface area contributed by atoms with Crippen LogP contribution in [0.1, 0.15) is 6.42 Å². The van der Waals surface area contributed by atoms with Crippen molar-refractivity contribution in [2.24, 2.45) is 0 Å². The van der Waals surface area contributed by atoms with E-state index in [1.54, 1.807) is 0 Å². The third-order valence-corrected chi connectivity index (χ3v) is 2.45. The Balaban J connectivity index is 2.76. The number of sulfonamides is 1. The Morgan fingerprint density at radius 1 is 1.46 bits per heavy atom. The summed E-state index contributed by atoms with van der Waals surface area (Å²) in [5.74, 6) is -0.874. The molecule has 0 aromatic rings. The first-order valence-corrected chi connectivity index (χ1v) is 5.48. The van der Waals surface area contributed by atoms with Crippen LogP contribution in [0.2, 0.25) is 0 Å². The van der Waals surface area contributed by atoms with Gasteiger partial charge in [0.1, 0.15) is 6.04 Å². The van der Waals surface area contributed by atoms with Crippen molar-refractivity contribution < 1.29 is 18.0 Å². The topological polar surface area (TPSA) is 83.6 Å². The number of hydrogen-bond donors (Lipinski definition) is 1. The lowest BCUT2D eigenvalue weighted by molar-refractivity contribution is -0.137. The van der Waals surface area contributed by atoms with Gasteiger partial charge in [0, 0.05) is 7.05 Å². The van der Waals surface area contributed by atoms with E-state index in [1.807, 2.05) is 0 Å². The molecule has 0 aliphatic carbocycles. The van der Waals surface area contributed by atoms with Gasteiger partial charge in [0.2, 0.25) is 21.8 Å². The molecule has 1 aliphatic rings. The monoisotopic (exact) mass is 206 g/mol. The van der Waals surface area contributed by atoms with Crippen molar-refractivity contribution in [2.75, 3.05) is 13.3 Å². The second kappa shape index (κ2) is 3.08. The highest BCUT2D eigenvalue weighted by Gasteiger charge is 2.37. The summed E-state index contributed by atoms with van der Waals surface area (Å²) in [7, 11) is -2.11. The number of rotatable bonds is 2. The summed E-state index contributed by atoms with van der Waals surface area (Å²) in [4.78, 5) is 23.0. The molecular weight excluding hydrogens is 196 g/mol. The Bertz CT molecular complexity index is 348. The number of imide groups is 1. The smallest absolute Gasteiger partial charge is 0.247 e. The third kappa shape index (κ3) is 2.25. The predicted octanol–water partition coefficient (Wildman–Crippen LogP) is -1.71. The van der Waals surface area contributed by atoms with E-state index in [1.165, 1.54) is 7.05 Å². The molecule has 74 valence electrons. The summed E-state index contributed by atoms with van der Waals surface area (Å²) in [6.07, 6.45) is 0.853. The summed E-state index contributed by atoms with van der Waals surface area (Å²) in [6.45, 7) is 0. The molecule has 6 nitrogen and oxygen atoms in total.